The first kappa shape index (κ1) is 10.2. The van der Waals surface area contributed by atoms with Crippen molar-refractivity contribution in [3.05, 3.63) is 35.0 Å². The van der Waals surface area contributed by atoms with Crippen LogP contribution in [0.15, 0.2) is 18.2 Å². The van der Waals surface area contributed by atoms with Gasteiger partial charge in [0.05, 0.1) is 0 Å². The summed E-state index contributed by atoms with van der Waals surface area (Å²) in [6.07, 6.45) is 1.08. The Morgan fingerprint density at radius 1 is 1.33 bits per heavy atom. The van der Waals surface area contributed by atoms with E-state index in [1.807, 2.05) is 7.05 Å². The maximum Gasteiger partial charge on any atom is 0.0459 e. The second-order valence-electron chi connectivity index (χ2n) is 4.02. The predicted molar refractivity (Wildman–Crippen MR) is 65.2 cm³/mol. The van der Waals surface area contributed by atoms with E-state index in [1.54, 1.807) is 0 Å². The molecule has 1 heterocycles. The molecule has 15 heavy (non-hydrogen) atoms. The summed E-state index contributed by atoms with van der Waals surface area (Å²) in [5.41, 5.74) is 5.35. The summed E-state index contributed by atoms with van der Waals surface area (Å²) in [6, 6.07) is 6.59. The fourth-order valence-electron chi connectivity index (χ4n) is 2.15. The Morgan fingerprint density at radius 3 is 2.80 bits per heavy atom. The van der Waals surface area contributed by atoms with Crippen molar-refractivity contribution < 1.29 is 0 Å². The topological polar surface area (TPSA) is 27.8 Å². The van der Waals surface area contributed by atoms with Crippen molar-refractivity contribution >= 4 is 10.9 Å². The Balaban J connectivity index is 2.63. The van der Waals surface area contributed by atoms with Crippen LogP contribution in [0.5, 0.6) is 0 Å². The molecule has 0 atom stereocenters. The van der Waals surface area contributed by atoms with E-state index in [1.165, 1.54) is 27.7 Å². The van der Waals surface area contributed by atoms with Gasteiger partial charge >= 0.3 is 0 Å². The van der Waals surface area contributed by atoms with Gasteiger partial charge in [-0.15, -0.1) is 0 Å². The molecular weight excluding hydrogens is 184 g/mol. The number of H-pyrrole nitrogens is 1. The van der Waals surface area contributed by atoms with Crippen molar-refractivity contribution in [3.8, 4) is 0 Å². The molecule has 0 saturated heterocycles. The van der Waals surface area contributed by atoms with Crippen LogP contribution >= 0.6 is 0 Å². The Labute approximate surface area is 90.7 Å². The third-order valence-corrected chi connectivity index (χ3v) is 2.86. The quantitative estimate of drug-likeness (QED) is 0.787. The van der Waals surface area contributed by atoms with E-state index in [9.17, 15) is 0 Å². The zero-order valence-electron chi connectivity index (χ0n) is 9.65. The third-order valence-electron chi connectivity index (χ3n) is 2.86. The highest BCUT2D eigenvalue weighted by molar-refractivity contribution is 5.85. The van der Waals surface area contributed by atoms with Crippen molar-refractivity contribution in [2.45, 2.75) is 26.8 Å². The molecule has 1 aromatic heterocycles. The molecule has 0 aliphatic carbocycles. The molecule has 2 heteroatoms. The summed E-state index contributed by atoms with van der Waals surface area (Å²) in [5.74, 6) is 0. The van der Waals surface area contributed by atoms with E-state index in [0.29, 0.717) is 0 Å². The molecule has 0 fully saturated rings. The van der Waals surface area contributed by atoms with Gasteiger partial charge in [-0.3, -0.25) is 0 Å². The van der Waals surface area contributed by atoms with Gasteiger partial charge in [-0.25, -0.2) is 0 Å². The van der Waals surface area contributed by atoms with Crippen LogP contribution in [-0.4, -0.2) is 12.0 Å². The monoisotopic (exact) mass is 202 g/mol. The van der Waals surface area contributed by atoms with Crippen LogP contribution < -0.4 is 5.32 Å². The molecule has 2 N–H and O–H groups in total. The van der Waals surface area contributed by atoms with Gasteiger partial charge in [-0.2, -0.15) is 0 Å². The molecule has 80 valence electrons. The molecule has 0 bridgehead atoms. The summed E-state index contributed by atoms with van der Waals surface area (Å²) in [6.45, 7) is 5.27. The van der Waals surface area contributed by atoms with Crippen LogP contribution in [0.4, 0.5) is 0 Å². The zero-order chi connectivity index (χ0) is 10.8. The van der Waals surface area contributed by atoms with Crippen molar-refractivity contribution in [1.29, 1.82) is 0 Å². The minimum absolute atomic E-state index is 0.914. The van der Waals surface area contributed by atoms with Gasteiger partial charge in [-0.1, -0.05) is 18.6 Å². The predicted octanol–water partition coefficient (Wildman–Crippen LogP) is 2.76. The molecule has 0 radical (unpaired) electrons. The highest BCUT2D eigenvalue weighted by atomic mass is 14.9. The van der Waals surface area contributed by atoms with E-state index < -0.39 is 0 Å². The SMILES string of the molecule is CCc1c(CNC)[nH]c2ccc(C)cc12. The van der Waals surface area contributed by atoms with Crippen LogP contribution in [-0.2, 0) is 13.0 Å². The Kier molecular flexibility index (Phi) is 2.78. The number of benzene rings is 1. The van der Waals surface area contributed by atoms with E-state index in [0.717, 1.165) is 13.0 Å². The number of aromatic nitrogens is 1. The van der Waals surface area contributed by atoms with Gasteiger partial charge in [0.15, 0.2) is 0 Å². The van der Waals surface area contributed by atoms with Gasteiger partial charge in [0.2, 0.25) is 0 Å². The first-order chi connectivity index (χ1) is 7.26. The lowest BCUT2D eigenvalue weighted by Gasteiger charge is -2.00. The lowest BCUT2D eigenvalue weighted by Crippen LogP contribution is -2.07. The number of fused-ring (bicyclic) bond motifs is 1. The van der Waals surface area contributed by atoms with Crippen molar-refractivity contribution in [2.24, 2.45) is 0 Å². The largest absolute Gasteiger partial charge is 0.357 e. The summed E-state index contributed by atoms with van der Waals surface area (Å²) in [5, 5.41) is 4.58. The van der Waals surface area contributed by atoms with Crippen molar-refractivity contribution in [1.82, 2.24) is 10.3 Å². The fourth-order valence-corrected chi connectivity index (χ4v) is 2.15. The van der Waals surface area contributed by atoms with Crippen LogP contribution in [0.2, 0.25) is 0 Å². The number of rotatable bonds is 3. The van der Waals surface area contributed by atoms with E-state index in [2.05, 4.69) is 42.3 Å². The lowest BCUT2D eigenvalue weighted by atomic mass is 10.1. The second kappa shape index (κ2) is 4.07. The smallest absolute Gasteiger partial charge is 0.0459 e. The highest BCUT2D eigenvalue weighted by Crippen LogP contribution is 2.24. The van der Waals surface area contributed by atoms with Gasteiger partial charge in [0.1, 0.15) is 0 Å². The highest BCUT2D eigenvalue weighted by Gasteiger charge is 2.08. The fraction of sp³-hybridized carbons (Fsp3) is 0.385. The minimum Gasteiger partial charge on any atom is -0.357 e. The molecule has 1 aromatic carbocycles. The van der Waals surface area contributed by atoms with Crippen LogP contribution in [0.25, 0.3) is 10.9 Å². The summed E-state index contributed by atoms with van der Waals surface area (Å²) in [4.78, 5) is 3.48. The van der Waals surface area contributed by atoms with Crippen molar-refractivity contribution in [3.63, 3.8) is 0 Å². The molecule has 0 aliphatic rings. The number of aryl methyl sites for hydroxylation is 2. The number of nitrogens with one attached hydrogen (secondary N) is 2. The maximum atomic E-state index is 3.48. The number of hydrogen-bond acceptors (Lipinski definition) is 1. The van der Waals surface area contributed by atoms with E-state index in [4.69, 9.17) is 0 Å². The van der Waals surface area contributed by atoms with Gasteiger partial charge in [0, 0.05) is 23.1 Å². The average molecular weight is 202 g/mol. The number of hydrogen-bond donors (Lipinski definition) is 2. The molecule has 0 unspecified atom stereocenters. The summed E-state index contributed by atoms with van der Waals surface area (Å²) >= 11 is 0. The molecular formula is C13H18N2. The lowest BCUT2D eigenvalue weighted by molar-refractivity contribution is 0.788. The summed E-state index contributed by atoms with van der Waals surface area (Å²) in [7, 11) is 1.98. The zero-order valence-corrected chi connectivity index (χ0v) is 9.65. The van der Waals surface area contributed by atoms with Gasteiger partial charge < -0.3 is 10.3 Å². The molecule has 2 rings (SSSR count). The molecule has 0 spiro atoms. The molecule has 2 nitrogen and oxygen atoms in total. The summed E-state index contributed by atoms with van der Waals surface area (Å²) < 4.78 is 0. The Hall–Kier alpha value is -1.28. The Morgan fingerprint density at radius 2 is 2.13 bits per heavy atom. The van der Waals surface area contributed by atoms with Gasteiger partial charge in [-0.05, 0) is 38.1 Å². The number of aromatic amines is 1. The normalized spacial score (nSPS) is 11.1. The first-order valence-electron chi connectivity index (χ1n) is 5.51. The van der Waals surface area contributed by atoms with Crippen molar-refractivity contribution in [2.75, 3.05) is 7.05 Å². The maximum absolute atomic E-state index is 3.48. The molecule has 0 saturated carbocycles. The minimum atomic E-state index is 0.914. The Bertz CT molecular complexity index is 469. The second-order valence-corrected chi connectivity index (χ2v) is 4.02. The third kappa shape index (κ3) is 1.77. The van der Waals surface area contributed by atoms with Crippen LogP contribution in [0.1, 0.15) is 23.7 Å². The molecule has 0 amide bonds. The molecule has 0 aliphatic heterocycles. The van der Waals surface area contributed by atoms with Gasteiger partial charge in [0.25, 0.3) is 0 Å². The standard InChI is InChI=1S/C13H18N2/c1-4-10-11-7-9(2)5-6-12(11)15-13(10)8-14-3/h5-7,14-15H,4,8H2,1-3H3. The van der Waals surface area contributed by atoms with Crippen LogP contribution in [0.3, 0.4) is 0 Å². The van der Waals surface area contributed by atoms with Crippen LogP contribution in [0, 0.1) is 6.92 Å². The first-order valence-corrected chi connectivity index (χ1v) is 5.51. The average Bonchev–Trinajstić information content (AvgIpc) is 2.55. The molecule has 2 aromatic rings. The van der Waals surface area contributed by atoms with E-state index >= 15 is 0 Å². The van der Waals surface area contributed by atoms with E-state index in [-0.39, 0.29) is 0 Å².